The molecule has 0 saturated carbocycles. The second kappa shape index (κ2) is 4.48. The molecule has 0 amide bonds. The van der Waals surface area contributed by atoms with E-state index in [1.807, 2.05) is 0 Å². The summed E-state index contributed by atoms with van der Waals surface area (Å²) in [5, 5.41) is 1.31. The third-order valence-corrected chi connectivity index (χ3v) is 13.9. The summed E-state index contributed by atoms with van der Waals surface area (Å²) >= 11 is -3.25. The van der Waals surface area contributed by atoms with Crippen LogP contribution in [-0.4, -0.2) is 24.1 Å². The number of alkyl halides is 3. The van der Waals surface area contributed by atoms with Crippen molar-refractivity contribution in [3.8, 4) is 0 Å². The summed E-state index contributed by atoms with van der Waals surface area (Å²) < 4.78 is 35.2. The minimum atomic E-state index is -4.61. The molecule has 0 aromatic heterocycles. The molecular formula is C8H15F3GeO. The van der Waals surface area contributed by atoms with Crippen LogP contribution in [0.1, 0.15) is 20.8 Å². The summed E-state index contributed by atoms with van der Waals surface area (Å²) in [5.41, 5.74) is 0. The molecule has 5 heteroatoms. The van der Waals surface area contributed by atoms with Crippen molar-refractivity contribution in [2.45, 2.75) is 42.7 Å². The Hall–Kier alpha value is 0.00286. The number of rotatable bonds is 4. The standard InChI is InChI=1S/C8H15F3GeO/c1-4-12(5-2,6-3)7(13)8(9,10)11/h4-6H2,1-3H3. The Morgan fingerprint density at radius 2 is 1.38 bits per heavy atom. The van der Waals surface area contributed by atoms with E-state index >= 15 is 0 Å². The minimum absolute atomic E-state index is 0.436. The van der Waals surface area contributed by atoms with Gasteiger partial charge in [-0.05, 0) is 0 Å². The molecule has 0 radical (unpaired) electrons. The van der Waals surface area contributed by atoms with E-state index in [0.717, 1.165) is 0 Å². The fourth-order valence-corrected chi connectivity index (χ4v) is 7.96. The van der Waals surface area contributed by atoms with E-state index < -0.39 is 24.1 Å². The van der Waals surface area contributed by atoms with Crippen molar-refractivity contribution in [3.05, 3.63) is 0 Å². The Labute approximate surface area is 79.1 Å². The summed E-state index contributed by atoms with van der Waals surface area (Å²) in [6.45, 7) is 5.12. The Kier molecular flexibility index (Phi) is 4.48. The molecule has 0 bridgehead atoms. The monoisotopic (exact) mass is 258 g/mol. The Morgan fingerprint density at radius 1 is 1.08 bits per heavy atom. The van der Waals surface area contributed by atoms with Crippen LogP contribution in [0.2, 0.25) is 15.8 Å². The van der Waals surface area contributed by atoms with Gasteiger partial charge in [0.05, 0.1) is 0 Å². The molecule has 0 spiro atoms. The molecule has 0 atom stereocenters. The fraction of sp³-hybridized carbons (Fsp3) is 0.875. The van der Waals surface area contributed by atoms with Crippen LogP contribution in [0.25, 0.3) is 0 Å². The van der Waals surface area contributed by atoms with Gasteiger partial charge in [0.1, 0.15) is 0 Å². The second-order valence-corrected chi connectivity index (χ2v) is 13.9. The molecule has 0 N–H and O–H groups in total. The molecule has 0 fully saturated rings. The zero-order valence-electron chi connectivity index (χ0n) is 8.16. The van der Waals surface area contributed by atoms with Crippen LogP contribution in [0.3, 0.4) is 0 Å². The van der Waals surface area contributed by atoms with Gasteiger partial charge in [-0.1, -0.05) is 0 Å². The maximum absolute atomic E-state index is 12.2. The van der Waals surface area contributed by atoms with Crippen molar-refractivity contribution < 1.29 is 18.0 Å². The van der Waals surface area contributed by atoms with Crippen LogP contribution in [0.5, 0.6) is 0 Å². The molecule has 0 heterocycles. The summed E-state index contributed by atoms with van der Waals surface area (Å²) in [6.07, 6.45) is -4.61. The Morgan fingerprint density at radius 3 is 1.46 bits per heavy atom. The predicted octanol–water partition coefficient (Wildman–Crippen LogP) is 3.17. The third kappa shape index (κ3) is 2.72. The molecule has 0 aromatic rings. The van der Waals surface area contributed by atoms with E-state index in [4.69, 9.17) is 0 Å². The SMILES string of the molecule is C[CH2][Ge]([CH2]C)([CH2]C)[C](=O)C(F)(F)F. The first kappa shape index (κ1) is 13.0. The van der Waals surface area contributed by atoms with Crippen molar-refractivity contribution in [1.29, 1.82) is 0 Å². The predicted molar refractivity (Wildman–Crippen MR) is 48.3 cm³/mol. The second-order valence-electron chi connectivity index (χ2n) is 3.17. The van der Waals surface area contributed by atoms with Crippen LogP contribution in [0.4, 0.5) is 13.2 Å². The molecule has 0 aliphatic rings. The molecule has 78 valence electrons. The molecule has 0 rings (SSSR count). The number of carbonyl (C=O) groups excluding carboxylic acids is 1. The average Bonchev–Trinajstić information content (AvgIpc) is 2.07. The van der Waals surface area contributed by atoms with Crippen molar-refractivity contribution in [2.75, 3.05) is 0 Å². The van der Waals surface area contributed by atoms with E-state index in [-0.39, 0.29) is 0 Å². The fourth-order valence-electron chi connectivity index (χ4n) is 1.53. The third-order valence-electron chi connectivity index (χ3n) is 2.77. The number of hydrogen-bond acceptors (Lipinski definition) is 1. The van der Waals surface area contributed by atoms with Crippen LogP contribution in [0.15, 0.2) is 0 Å². The van der Waals surface area contributed by atoms with Gasteiger partial charge in [-0.2, -0.15) is 0 Å². The van der Waals surface area contributed by atoms with Crippen LogP contribution in [-0.2, 0) is 4.79 Å². The van der Waals surface area contributed by atoms with Crippen molar-refractivity contribution in [1.82, 2.24) is 0 Å². The van der Waals surface area contributed by atoms with Gasteiger partial charge in [-0.15, -0.1) is 0 Å². The van der Waals surface area contributed by atoms with Gasteiger partial charge in [-0.25, -0.2) is 0 Å². The normalized spacial score (nSPS) is 13.1. The Bertz CT molecular complexity index is 176. The number of carbonyl (C=O) groups is 1. The molecule has 1 nitrogen and oxygen atoms in total. The zero-order valence-corrected chi connectivity index (χ0v) is 10.3. The van der Waals surface area contributed by atoms with E-state index in [2.05, 4.69) is 0 Å². The van der Waals surface area contributed by atoms with Crippen LogP contribution < -0.4 is 0 Å². The molecule has 0 aromatic carbocycles. The first-order chi connectivity index (χ1) is 5.84. The number of hydrogen-bond donors (Lipinski definition) is 0. The van der Waals surface area contributed by atoms with E-state index in [1.165, 1.54) is 0 Å². The van der Waals surface area contributed by atoms with Crippen molar-refractivity contribution in [2.24, 2.45) is 0 Å². The summed E-state index contributed by atoms with van der Waals surface area (Å²) in [4.78, 5) is 11.1. The molecule has 13 heavy (non-hydrogen) atoms. The summed E-state index contributed by atoms with van der Waals surface area (Å²) in [7, 11) is 0. The van der Waals surface area contributed by atoms with Gasteiger partial charge >= 0.3 is 78.6 Å². The molecule has 0 aliphatic heterocycles. The van der Waals surface area contributed by atoms with Gasteiger partial charge in [0.15, 0.2) is 0 Å². The number of halogens is 3. The first-order valence-corrected chi connectivity index (χ1v) is 9.95. The zero-order chi connectivity index (χ0) is 10.7. The summed E-state index contributed by atoms with van der Waals surface area (Å²) in [5.74, 6) is 0. The van der Waals surface area contributed by atoms with Crippen LogP contribution >= 0.6 is 0 Å². The van der Waals surface area contributed by atoms with E-state index in [9.17, 15) is 18.0 Å². The van der Waals surface area contributed by atoms with E-state index in [0.29, 0.717) is 15.8 Å². The van der Waals surface area contributed by atoms with Crippen molar-refractivity contribution in [3.63, 3.8) is 0 Å². The van der Waals surface area contributed by atoms with Crippen LogP contribution in [0, 0.1) is 0 Å². The summed E-state index contributed by atoms with van der Waals surface area (Å²) in [6, 6.07) is 0. The van der Waals surface area contributed by atoms with Gasteiger partial charge in [0.25, 0.3) is 0 Å². The topological polar surface area (TPSA) is 17.1 Å². The maximum atomic E-state index is 12.2. The quantitative estimate of drug-likeness (QED) is 0.707. The van der Waals surface area contributed by atoms with Gasteiger partial charge in [0, 0.05) is 0 Å². The molecule has 0 aliphatic carbocycles. The molecule has 0 unspecified atom stereocenters. The van der Waals surface area contributed by atoms with Gasteiger partial charge < -0.3 is 0 Å². The Balaban J connectivity index is 4.85. The molecular weight excluding hydrogens is 242 g/mol. The van der Waals surface area contributed by atoms with Gasteiger partial charge in [0.2, 0.25) is 0 Å². The van der Waals surface area contributed by atoms with Gasteiger partial charge in [-0.3, -0.25) is 0 Å². The molecule has 0 saturated heterocycles. The van der Waals surface area contributed by atoms with Crippen molar-refractivity contribution >= 4 is 17.9 Å². The van der Waals surface area contributed by atoms with E-state index in [1.54, 1.807) is 20.8 Å². The average molecular weight is 257 g/mol. The first-order valence-electron chi connectivity index (χ1n) is 4.45.